The molecule has 2 aliphatic heterocycles. The molecule has 1 aromatic carbocycles. The van der Waals surface area contributed by atoms with E-state index in [1.54, 1.807) is 0 Å². The number of para-hydroxylation sites is 1. The first kappa shape index (κ1) is 13.2. The second-order valence-electron chi connectivity index (χ2n) is 5.29. The van der Waals surface area contributed by atoms with Crippen molar-refractivity contribution in [1.82, 2.24) is 10.2 Å². The fraction of sp³-hybridized carbons (Fsp3) is 0.533. The second kappa shape index (κ2) is 5.71. The van der Waals surface area contributed by atoms with Crippen LogP contribution in [0.1, 0.15) is 16.8 Å². The van der Waals surface area contributed by atoms with Crippen molar-refractivity contribution >= 4 is 5.91 Å². The first-order valence-corrected chi connectivity index (χ1v) is 7.12. The number of benzene rings is 1. The summed E-state index contributed by atoms with van der Waals surface area (Å²) in [4.78, 5) is 14.6. The molecule has 1 saturated heterocycles. The highest BCUT2D eigenvalue weighted by atomic mass is 16.6. The van der Waals surface area contributed by atoms with E-state index < -0.39 is 0 Å². The van der Waals surface area contributed by atoms with Crippen LogP contribution < -0.4 is 14.8 Å². The first-order valence-electron chi connectivity index (χ1n) is 7.12. The van der Waals surface area contributed by atoms with Gasteiger partial charge in [0.2, 0.25) is 0 Å². The summed E-state index contributed by atoms with van der Waals surface area (Å²) in [5, 5.41) is 3.18. The van der Waals surface area contributed by atoms with Gasteiger partial charge in [0.05, 0.1) is 5.56 Å². The Morgan fingerprint density at radius 3 is 3.10 bits per heavy atom. The van der Waals surface area contributed by atoms with Crippen LogP contribution >= 0.6 is 0 Å². The SMILES string of the molecule is CNCC1CCN(C(=O)c2cccc3c2OCCO3)C1. The van der Waals surface area contributed by atoms with Crippen molar-refractivity contribution in [3.63, 3.8) is 0 Å². The zero-order valence-corrected chi connectivity index (χ0v) is 11.7. The summed E-state index contributed by atoms with van der Waals surface area (Å²) in [7, 11) is 1.95. The lowest BCUT2D eigenvalue weighted by Gasteiger charge is -2.23. The van der Waals surface area contributed by atoms with Crippen molar-refractivity contribution in [2.24, 2.45) is 5.92 Å². The monoisotopic (exact) mass is 276 g/mol. The Bertz CT molecular complexity index is 504. The van der Waals surface area contributed by atoms with Crippen molar-refractivity contribution in [2.75, 3.05) is 39.9 Å². The van der Waals surface area contributed by atoms with E-state index in [4.69, 9.17) is 9.47 Å². The topological polar surface area (TPSA) is 50.8 Å². The third-order valence-electron chi connectivity index (χ3n) is 3.86. The van der Waals surface area contributed by atoms with Crippen molar-refractivity contribution < 1.29 is 14.3 Å². The summed E-state index contributed by atoms with van der Waals surface area (Å²) in [5.41, 5.74) is 0.618. The Kier molecular flexibility index (Phi) is 3.78. The van der Waals surface area contributed by atoms with Gasteiger partial charge in [-0.1, -0.05) is 6.07 Å². The van der Waals surface area contributed by atoms with Crippen molar-refractivity contribution in [3.05, 3.63) is 23.8 Å². The van der Waals surface area contributed by atoms with Crippen molar-refractivity contribution in [3.8, 4) is 11.5 Å². The summed E-state index contributed by atoms with van der Waals surface area (Å²) < 4.78 is 11.2. The molecule has 0 spiro atoms. The van der Waals surface area contributed by atoms with E-state index in [2.05, 4.69) is 5.32 Å². The molecule has 3 rings (SSSR count). The highest BCUT2D eigenvalue weighted by Gasteiger charge is 2.29. The lowest BCUT2D eigenvalue weighted by Crippen LogP contribution is -2.31. The summed E-state index contributed by atoms with van der Waals surface area (Å²) in [6.45, 7) is 3.62. The summed E-state index contributed by atoms with van der Waals surface area (Å²) >= 11 is 0. The lowest BCUT2D eigenvalue weighted by atomic mass is 10.1. The predicted molar refractivity (Wildman–Crippen MR) is 75.4 cm³/mol. The van der Waals surface area contributed by atoms with Gasteiger partial charge in [-0.25, -0.2) is 0 Å². The quantitative estimate of drug-likeness (QED) is 0.899. The van der Waals surface area contributed by atoms with E-state index in [0.717, 1.165) is 26.1 Å². The maximum absolute atomic E-state index is 12.6. The molecule has 1 aromatic rings. The highest BCUT2D eigenvalue weighted by molar-refractivity contribution is 5.98. The Balaban J connectivity index is 1.78. The summed E-state index contributed by atoms with van der Waals surface area (Å²) in [6.07, 6.45) is 1.05. The van der Waals surface area contributed by atoms with Gasteiger partial charge in [-0.05, 0) is 38.1 Å². The van der Waals surface area contributed by atoms with Crippen molar-refractivity contribution in [1.29, 1.82) is 0 Å². The fourth-order valence-electron chi connectivity index (χ4n) is 2.88. The number of nitrogens with zero attached hydrogens (tertiary/aromatic N) is 1. The minimum Gasteiger partial charge on any atom is -0.486 e. The predicted octanol–water partition coefficient (Wildman–Crippen LogP) is 1.14. The Morgan fingerprint density at radius 1 is 1.40 bits per heavy atom. The molecule has 0 radical (unpaired) electrons. The third-order valence-corrected chi connectivity index (χ3v) is 3.86. The molecule has 1 amide bonds. The van der Waals surface area contributed by atoms with Crippen molar-refractivity contribution in [2.45, 2.75) is 6.42 Å². The number of rotatable bonds is 3. The standard InChI is InChI=1S/C15H20N2O3/c1-16-9-11-5-6-17(10-11)15(18)12-3-2-4-13-14(12)20-8-7-19-13/h2-4,11,16H,5-10H2,1H3. The molecule has 20 heavy (non-hydrogen) atoms. The molecule has 0 aromatic heterocycles. The van der Waals surface area contributed by atoms with Gasteiger partial charge in [-0.2, -0.15) is 0 Å². The van der Waals surface area contributed by atoms with Gasteiger partial charge < -0.3 is 19.7 Å². The molecular weight excluding hydrogens is 256 g/mol. The van der Waals surface area contributed by atoms with Crippen LogP contribution in [0.4, 0.5) is 0 Å². The van der Waals surface area contributed by atoms with Crippen LogP contribution in [0.5, 0.6) is 11.5 Å². The lowest BCUT2D eigenvalue weighted by molar-refractivity contribution is 0.0776. The number of amides is 1. The van der Waals surface area contributed by atoms with Crippen LogP contribution in [0.2, 0.25) is 0 Å². The highest BCUT2D eigenvalue weighted by Crippen LogP contribution is 2.34. The molecule has 0 bridgehead atoms. The van der Waals surface area contributed by atoms with Crippen LogP contribution in [0, 0.1) is 5.92 Å². The molecule has 0 aliphatic carbocycles. The largest absolute Gasteiger partial charge is 0.486 e. The summed E-state index contributed by atoms with van der Waals surface area (Å²) in [6, 6.07) is 5.52. The van der Waals surface area contributed by atoms with Crippen LogP contribution in [0.3, 0.4) is 0 Å². The molecule has 5 heteroatoms. The smallest absolute Gasteiger partial charge is 0.257 e. The van der Waals surface area contributed by atoms with E-state index in [1.807, 2.05) is 30.1 Å². The number of likely N-dealkylation sites (tertiary alicyclic amines) is 1. The Hall–Kier alpha value is -1.75. The number of carbonyl (C=O) groups is 1. The van der Waals surface area contributed by atoms with E-state index in [9.17, 15) is 4.79 Å². The number of hydrogen-bond acceptors (Lipinski definition) is 4. The molecule has 108 valence electrons. The van der Waals surface area contributed by atoms with Crippen LogP contribution in [-0.2, 0) is 0 Å². The van der Waals surface area contributed by atoms with E-state index >= 15 is 0 Å². The van der Waals surface area contributed by atoms with Gasteiger partial charge in [0, 0.05) is 13.1 Å². The third kappa shape index (κ3) is 2.45. The van der Waals surface area contributed by atoms with Gasteiger partial charge >= 0.3 is 0 Å². The second-order valence-corrected chi connectivity index (χ2v) is 5.29. The van der Waals surface area contributed by atoms with Gasteiger partial charge in [0.15, 0.2) is 11.5 Å². The number of nitrogens with one attached hydrogen (secondary N) is 1. The molecule has 5 nitrogen and oxygen atoms in total. The average Bonchev–Trinajstić information content (AvgIpc) is 2.95. The van der Waals surface area contributed by atoms with Crippen LogP contribution in [0.15, 0.2) is 18.2 Å². The Morgan fingerprint density at radius 2 is 2.25 bits per heavy atom. The minimum atomic E-state index is 0.0472. The zero-order valence-electron chi connectivity index (χ0n) is 11.7. The van der Waals surface area contributed by atoms with Gasteiger partial charge in [-0.3, -0.25) is 4.79 Å². The normalized spacial score (nSPS) is 21.1. The maximum atomic E-state index is 12.6. The van der Waals surface area contributed by atoms with Gasteiger partial charge in [0.1, 0.15) is 13.2 Å². The van der Waals surface area contributed by atoms with Crippen LogP contribution in [0.25, 0.3) is 0 Å². The minimum absolute atomic E-state index is 0.0472. The van der Waals surface area contributed by atoms with E-state index in [1.165, 1.54) is 0 Å². The molecule has 0 saturated carbocycles. The van der Waals surface area contributed by atoms with Crippen LogP contribution in [-0.4, -0.2) is 50.7 Å². The fourth-order valence-corrected chi connectivity index (χ4v) is 2.88. The molecular formula is C15H20N2O3. The van der Waals surface area contributed by atoms with E-state index in [0.29, 0.717) is 36.2 Å². The summed E-state index contributed by atoms with van der Waals surface area (Å²) in [5.74, 6) is 1.86. The molecule has 1 atom stereocenters. The first-order chi connectivity index (χ1) is 9.79. The number of ether oxygens (including phenoxy) is 2. The molecule has 2 heterocycles. The molecule has 2 aliphatic rings. The number of fused-ring (bicyclic) bond motifs is 1. The van der Waals surface area contributed by atoms with Gasteiger partial charge in [-0.15, -0.1) is 0 Å². The number of hydrogen-bond donors (Lipinski definition) is 1. The average molecular weight is 276 g/mol. The van der Waals surface area contributed by atoms with E-state index in [-0.39, 0.29) is 5.91 Å². The molecule has 1 N–H and O–H groups in total. The van der Waals surface area contributed by atoms with Gasteiger partial charge in [0.25, 0.3) is 5.91 Å². The zero-order chi connectivity index (χ0) is 13.9. The molecule has 1 unspecified atom stereocenters. The number of carbonyl (C=O) groups excluding carboxylic acids is 1. The Labute approximate surface area is 118 Å². The maximum Gasteiger partial charge on any atom is 0.257 e. The molecule has 1 fully saturated rings.